The van der Waals surface area contributed by atoms with Crippen molar-refractivity contribution in [3.05, 3.63) is 147 Å². The van der Waals surface area contributed by atoms with E-state index in [-0.39, 0.29) is 42.8 Å². The van der Waals surface area contributed by atoms with Crippen LogP contribution in [0, 0.1) is 0 Å². The van der Waals surface area contributed by atoms with Gasteiger partial charge in [-0.25, -0.2) is 0 Å². The number of carbonyl (C=O) groups excluding carboxylic acids is 2. The first-order valence-electron chi connectivity index (χ1n) is 23.0. The summed E-state index contributed by atoms with van der Waals surface area (Å²) in [6.45, 7) is 6.94. The van der Waals surface area contributed by atoms with Gasteiger partial charge in [0.1, 0.15) is 29.5 Å². The molecule has 13 heteroatoms. The second-order valence-corrected chi connectivity index (χ2v) is 18.2. The normalized spacial score (nSPS) is 17.7. The van der Waals surface area contributed by atoms with Gasteiger partial charge in [0.05, 0.1) is 26.2 Å². The summed E-state index contributed by atoms with van der Waals surface area (Å²) in [6.07, 6.45) is 31.4. The van der Waals surface area contributed by atoms with Crippen molar-refractivity contribution in [2.24, 2.45) is 0 Å². The molecule has 10 nitrogen and oxygen atoms in total. The summed E-state index contributed by atoms with van der Waals surface area (Å²) in [5.41, 5.74) is 2.58. The first-order valence-corrected chi connectivity index (χ1v) is 24.1. The molecule has 0 radical (unpaired) electrons. The van der Waals surface area contributed by atoms with Crippen LogP contribution in [0.2, 0.25) is 15.1 Å². The third-order valence-electron chi connectivity index (χ3n) is 11.5. The van der Waals surface area contributed by atoms with E-state index in [0.29, 0.717) is 69.1 Å². The van der Waals surface area contributed by atoms with Crippen molar-refractivity contribution in [3.8, 4) is 17.0 Å². The fourth-order valence-corrected chi connectivity index (χ4v) is 8.82. The lowest BCUT2D eigenvalue weighted by molar-refractivity contribution is -0.121. The average molecular weight is 943 g/mol. The van der Waals surface area contributed by atoms with Crippen LogP contribution in [0.4, 0.5) is 0 Å². The van der Waals surface area contributed by atoms with Crippen LogP contribution in [0.5, 0.6) is 5.75 Å². The summed E-state index contributed by atoms with van der Waals surface area (Å²) in [6, 6.07) is 12.4. The van der Waals surface area contributed by atoms with E-state index < -0.39 is 5.60 Å². The van der Waals surface area contributed by atoms with Gasteiger partial charge >= 0.3 is 0 Å². The number of unbranched alkanes of at least 4 members (excludes halogenated alkanes) is 1. The molecule has 2 aliphatic carbocycles. The molecule has 2 heterocycles. The minimum Gasteiger partial charge on any atom is -0.489 e. The maximum atomic E-state index is 13.2. The largest absolute Gasteiger partial charge is 0.489 e. The van der Waals surface area contributed by atoms with Crippen molar-refractivity contribution in [2.75, 3.05) is 13.1 Å². The number of aromatic nitrogens is 3. The molecule has 2 amide bonds. The molecule has 0 aliphatic heterocycles. The van der Waals surface area contributed by atoms with Crippen LogP contribution < -0.4 is 15.4 Å². The van der Waals surface area contributed by atoms with Gasteiger partial charge in [0.25, 0.3) is 5.91 Å². The minimum atomic E-state index is -1.16. The molecular weight excluding hydrogens is 881 g/mol. The molecule has 2 aliphatic rings. The van der Waals surface area contributed by atoms with Crippen molar-refractivity contribution in [1.82, 2.24) is 25.6 Å². The van der Waals surface area contributed by atoms with Gasteiger partial charge in [0.2, 0.25) is 5.91 Å². The van der Waals surface area contributed by atoms with Crippen LogP contribution in [0.3, 0.4) is 0 Å². The molecule has 2 aromatic carbocycles. The van der Waals surface area contributed by atoms with E-state index in [0.717, 1.165) is 74.8 Å². The molecule has 2 saturated carbocycles. The van der Waals surface area contributed by atoms with Gasteiger partial charge in [-0.3, -0.25) is 14.3 Å². The number of carbonyl (C=O) groups is 2. The standard InChI is InChI=1S/C52H62Cl3N5O5/c1-4-5-6-7-8-9-10-11-12-13-14-15-16-17-18-19-20-24-47(61)56-29-30-57-51(62)45-32-46(60(58-45)36(2)3)38-33-52(63,34-38)41-28-27-39(31-44(41)55)64-35-40-49(59-65-50(40)37-25-26-37)48-42(53)22-21-23-43(48)54/h5-6,8-9,11-12,14-15,17-18,21-23,27-28,31-32,36-38,63H,4,7,10,13,16,19-20,24-26,29-30,33-35H2,1-3H3,(H,56,61)(H,57,62). The number of hydrogen-bond acceptors (Lipinski definition) is 7. The number of amides is 2. The molecule has 0 spiro atoms. The number of rotatable bonds is 25. The third kappa shape index (κ3) is 14.1. The van der Waals surface area contributed by atoms with Gasteiger partial charge in [-0.15, -0.1) is 0 Å². The third-order valence-corrected chi connectivity index (χ3v) is 12.5. The molecule has 6 rings (SSSR count). The predicted molar refractivity (Wildman–Crippen MR) is 262 cm³/mol. The van der Waals surface area contributed by atoms with Gasteiger partial charge in [0.15, 0.2) is 0 Å². The van der Waals surface area contributed by atoms with E-state index in [2.05, 4.69) is 88.6 Å². The quantitative estimate of drug-likeness (QED) is 0.0445. The Kier molecular flexibility index (Phi) is 18.8. The monoisotopic (exact) mass is 941 g/mol. The number of hydrogen-bond donors (Lipinski definition) is 3. The van der Waals surface area contributed by atoms with E-state index in [9.17, 15) is 14.7 Å². The number of halogens is 3. The molecule has 2 fully saturated rings. The molecule has 0 bridgehead atoms. The van der Waals surface area contributed by atoms with Crippen LogP contribution in [-0.4, -0.2) is 44.9 Å². The van der Waals surface area contributed by atoms with Gasteiger partial charge in [-0.2, -0.15) is 5.10 Å². The summed E-state index contributed by atoms with van der Waals surface area (Å²) in [4.78, 5) is 25.6. The lowest BCUT2D eigenvalue weighted by Gasteiger charge is -2.44. The SMILES string of the molecule is CCC=CCC=CCC=CCC=CCC=CCCCC(=O)NCCNC(=O)c1cc(C2CC(O)(c3ccc(OCc4c(-c5c(Cl)cccc5Cl)noc4C4CC4)cc3Cl)C2)n(C(C)C)n1. The first kappa shape index (κ1) is 49.6. The highest BCUT2D eigenvalue weighted by atomic mass is 35.5. The number of nitrogens with zero attached hydrogens (tertiary/aromatic N) is 3. The number of nitrogens with one attached hydrogen (secondary N) is 2. The lowest BCUT2D eigenvalue weighted by atomic mass is 9.66. The fourth-order valence-electron chi connectivity index (χ4n) is 7.90. The Morgan fingerprint density at radius 3 is 2.11 bits per heavy atom. The van der Waals surface area contributed by atoms with E-state index in [4.69, 9.17) is 44.1 Å². The highest BCUT2D eigenvalue weighted by Gasteiger charge is 2.47. The lowest BCUT2D eigenvalue weighted by Crippen LogP contribution is -2.41. The van der Waals surface area contributed by atoms with Crippen LogP contribution in [0.15, 0.2) is 108 Å². The van der Waals surface area contributed by atoms with Gasteiger partial charge in [-0.05, 0) is 115 Å². The Balaban J connectivity index is 0.907. The highest BCUT2D eigenvalue weighted by molar-refractivity contribution is 6.39. The van der Waals surface area contributed by atoms with Crippen LogP contribution in [0.1, 0.15) is 149 Å². The van der Waals surface area contributed by atoms with Crippen molar-refractivity contribution < 1.29 is 24.0 Å². The van der Waals surface area contributed by atoms with Crippen molar-refractivity contribution in [1.29, 1.82) is 0 Å². The molecule has 2 aromatic heterocycles. The Hall–Kier alpha value is -4.87. The maximum Gasteiger partial charge on any atom is 0.271 e. The number of ether oxygens (including phenoxy) is 1. The van der Waals surface area contributed by atoms with Crippen LogP contribution in [0.25, 0.3) is 11.3 Å². The van der Waals surface area contributed by atoms with Gasteiger partial charge in [-0.1, -0.05) is 120 Å². The molecular formula is C52H62Cl3N5O5. The molecule has 0 atom stereocenters. The zero-order valence-electron chi connectivity index (χ0n) is 37.7. The topological polar surface area (TPSA) is 132 Å². The molecule has 3 N–H and O–H groups in total. The Morgan fingerprint density at radius 1 is 0.862 bits per heavy atom. The maximum absolute atomic E-state index is 13.2. The summed E-state index contributed by atoms with van der Waals surface area (Å²) in [5.74, 6) is 1.19. The smallest absolute Gasteiger partial charge is 0.271 e. The highest BCUT2D eigenvalue weighted by Crippen LogP contribution is 2.53. The fraction of sp³-hybridized carbons (Fsp3) is 0.423. The zero-order chi connectivity index (χ0) is 46.2. The number of allylic oxidation sites excluding steroid dienone is 10. The Labute approximate surface area is 398 Å². The van der Waals surface area contributed by atoms with E-state index in [1.807, 2.05) is 18.5 Å². The summed E-state index contributed by atoms with van der Waals surface area (Å²) >= 11 is 19.9. The summed E-state index contributed by atoms with van der Waals surface area (Å²) < 4.78 is 13.9. The predicted octanol–water partition coefficient (Wildman–Crippen LogP) is 13.1. The molecule has 346 valence electrons. The second-order valence-electron chi connectivity index (χ2n) is 17.0. The van der Waals surface area contributed by atoms with Crippen LogP contribution >= 0.6 is 34.8 Å². The number of benzene rings is 2. The number of aliphatic hydroxyl groups is 1. The van der Waals surface area contributed by atoms with E-state index in [1.165, 1.54) is 0 Å². The van der Waals surface area contributed by atoms with Crippen LogP contribution in [-0.2, 0) is 17.0 Å². The van der Waals surface area contributed by atoms with Gasteiger partial charge in [0, 0.05) is 54.2 Å². The van der Waals surface area contributed by atoms with Crippen molar-refractivity contribution in [3.63, 3.8) is 0 Å². The Morgan fingerprint density at radius 2 is 1.49 bits per heavy atom. The molecule has 0 saturated heterocycles. The first-order chi connectivity index (χ1) is 31.5. The van der Waals surface area contributed by atoms with Crippen molar-refractivity contribution in [2.45, 2.75) is 128 Å². The zero-order valence-corrected chi connectivity index (χ0v) is 40.0. The molecule has 0 unspecified atom stereocenters. The summed E-state index contributed by atoms with van der Waals surface area (Å²) in [5, 5.41) is 27.9. The van der Waals surface area contributed by atoms with Gasteiger partial charge < -0.3 is 25.0 Å². The van der Waals surface area contributed by atoms with E-state index >= 15 is 0 Å². The van der Waals surface area contributed by atoms with Crippen molar-refractivity contribution >= 4 is 46.6 Å². The molecule has 4 aromatic rings. The average Bonchev–Trinajstić information content (AvgIpc) is 3.88. The minimum absolute atomic E-state index is 0.00512. The van der Waals surface area contributed by atoms with E-state index in [1.54, 1.807) is 42.5 Å². The second kappa shape index (κ2) is 24.6. The summed E-state index contributed by atoms with van der Waals surface area (Å²) in [7, 11) is 0. The Bertz CT molecular complexity index is 2350. The molecule has 65 heavy (non-hydrogen) atoms.